The standard InChI is InChI=1S/C24H27N7O2/c1-16-5-6-26-13-19(16)21-10-17-11-22(27-14-20(17)24(25)30-21)29-18-12-28-31(15-18)7-9-33-23-4-2-3-8-32-23/h5-6,10-15,23H,2-4,7-9H2,1H3,(H2,25,30)(H,27,29). The van der Waals surface area contributed by atoms with Crippen molar-refractivity contribution in [3.63, 3.8) is 0 Å². The molecule has 0 saturated carbocycles. The molecule has 1 unspecified atom stereocenters. The number of pyridine rings is 3. The maximum Gasteiger partial charge on any atom is 0.157 e. The molecular weight excluding hydrogens is 418 g/mol. The highest BCUT2D eigenvalue weighted by Crippen LogP contribution is 2.29. The molecule has 0 bridgehead atoms. The van der Waals surface area contributed by atoms with E-state index in [0.29, 0.717) is 24.8 Å². The maximum atomic E-state index is 6.22. The number of nitrogens with two attached hydrogens (primary N) is 1. The topological polar surface area (TPSA) is 113 Å². The Morgan fingerprint density at radius 3 is 3.03 bits per heavy atom. The van der Waals surface area contributed by atoms with Gasteiger partial charge in [-0.25, -0.2) is 9.97 Å². The van der Waals surface area contributed by atoms with Crippen LogP contribution in [0.25, 0.3) is 22.0 Å². The van der Waals surface area contributed by atoms with Gasteiger partial charge in [0.2, 0.25) is 0 Å². The first-order valence-electron chi connectivity index (χ1n) is 11.2. The zero-order chi connectivity index (χ0) is 22.6. The van der Waals surface area contributed by atoms with E-state index in [1.807, 2.05) is 42.2 Å². The van der Waals surface area contributed by atoms with E-state index in [-0.39, 0.29) is 6.29 Å². The molecule has 3 N–H and O–H groups in total. The summed E-state index contributed by atoms with van der Waals surface area (Å²) in [7, 11) is 0. The molecule has 0 spiro atoms. The molecule has 4 aromatic rings. The van der Waals surface area contributed by atoms with Crippen molar-refractivity contribution in [2.24, 2.45) is 0 Å². The van der Waals surface area contributed by atoms with Crippen molar-refractivity contribution in [3.8, 4) is 11.3 Å². The van der Waals surface area contributed by atoms with Crippen molar-refractivity contribution in [2.45, 2.75) is 39.0 Å². The van der Waals surface area contributed by atoms with Crippen molar-refractivity contribution in [3.05, 3.63) is 54.7 Å². The minimum atomic E-state index is -0.0871. The molecule has 0 amide bonds. The molecule has 1 atom stereocenters. The summed E-state index contributed by atoms with van der Waals surface area (Å²) in [4.78, 5) is 13.3. The zero-order valence-electron chi connectivity index (χ0n) is 18.6. The highest BCUT2D eigenvalue weighted by atomic mass is 16.7. The molecule has 1 fully saturated rings. The van der Waals surface area contributed by atoms with E-state index in [1.165, 1.54) is 0 Å². The van der Waals surface area contributed by atoms with Gasteiger partial charge >= 0.3 is 0 Å². The van der Waals surface area contributed by atoms with Crippen LogP contribution in [0.2, 0.25) is 0 Å². The summed E-state index contributed by atoms with van der Waals surface area (Å²) < 4.78 is 13.2. The third-order valence-electron chi connectivity index (χ3n) is 5.73. The molecule has 1 aliphatic rings. The number of ether oxygens (including phenoxy) is 2. The Morgan fingerprint density at radius 2 is 2.18 bits per heavy atom. The SMILES string of the molecule is Cc1ccncc1-c1cc2cc(Nc3cnn(CCOC4CCCCO4)c3)ncc2c(N)n1. The number of rotatable bonds is 7. The van der Waals surface area contributed by atoms with Gasteiger partial charge in [0.1, 0.15) is 11.6 Å². The summed E-state index contributed by atoms with van der Waals surface area (Å²) in [5.41, 5.74) is 9.91. The van der Waals surface area contributed by atoms with Crippen LogP contribution in [0.4, 0.5) is 17.3 Å². The molecule has 0 aromatic carbocycles. The zero-order valence-corrected chi connectivity index (χ0v) is 18.6. The lowest BCUT2D eigenvalue weighted by Crippen LogP contribution is -2.24. The van der Waals surface area contributed by atoms with E-state index < -0.39 is 0 Å². The van der Waals surface area contributed by atoms with E-state index in [4.69, 9.17) is 15.2 Å². The Hall–Kier alpha value is -3.56. The average Bonchev–Trinajstić information content (AvgIpc) is 3.27. The summed E-state index contributed by atoms with van der Waals surface area (Å²) in [5.74, 6) is 1.15. The van der Waals surface area contributed by atoms with E-state index in [2.05, 4.69) is 25.4 Å². The van der Waals surface area contributed by atoms with Crippen LogP contribution in [0, 0.1) is 6.92 Å². The highest BCUT2D eigenvalue weighted by Gasteiger charge is 2.14. The van der Waals surface area contributed by atoms with Crippen molar-refractivity contribution < 1.29 is 9.47 Å². The Labute approximate surface area is 192 Å². The van der Waals surface area contributed by atoms with Crippen LogP contribution in [0.15, 0.2) is 49.2 Å². The van der Waals surface area contributed by atoms with E-state index in [0.717, 1.165) is 59.2 Å². The fraction of sp³-hybridized carbons (Fsp3) is 0.333. The van der Waals surface area contributed by atoms with Gasteiger partial charge in [0.25, 0.3) is 0 Å². The minimum absolute atomic E-state index is 0.0871. The van der Waals surface area contributed by atoms with Crippen molar-refractivity contribution in [2.75, 3.05) is 24.3 Å². The van der Waals surface area contributed by atoms with Gasteiger partial charge in [0.15, 0.2) is 6.29 Å². The summed E-state index contributed by atoms with van der Waals surface area (Å²) in [5, 5.41) is 9.48. The predicted molar refractivity (Wildman–Crippen MR) is 127 cm³/mol. The van der Waals surface area contributed by atoms with E-state index in [9.17, 15) is 0 Å². The smallest absolute Gasteiger partial charge is 0.157 e. The van der Waals surface area contributed by atoms with E-state index in [1.54, 1.807) is 18.6 Å². The number of aryl methyl sites for hydroxylation is 1. The van der Waals surface area contributed by atoms with Crippen LogP contribution < -0.4 is 11.1 Å². The lowest BCUT2D eigenvalue weighted by atomic mass is 10.1. The number of fused-ring (bicyclic) bond motifs is 1. The van der Waals surface area contributed by atoms with Gasteiger partial charge in [-0.15, -0.1) is 0 Å². The van der Waals surface area contributed by atoms with Crippen LogP contribution in [-0.2, 0) is 16.0 Å². The largest absolute Gasteiger partial charge is 0.383 e. The summed E-state index contributed by atoms with van der Waals surface area (Å²) in [6.07, 6.45) is 12.2. The Kier molecular flexibility index (Phi) is 6.14. The molecule has 0 radical (unpaired) electrons. The first-order chi connectivity index (χ1) is 16.2. The second-order valence-electron chi connectivity index (χ2n) is 8.16. The molecular formula is C24H27N7O2. The van der Waals surface area contributed by atoms with Gasteiger partial charge in [0.05, 0.1) is 30.7 Å². The third kappa shape index (κ3) is 4.94. The minimum Gasteiger partial charge on any atom is -0.383 e. The average molecular weight is 446 g/mol. The molecule has 9 heteroatoms. The summed E-state index contributed by atoms with van der Waals surface area (Å²) >= 11 is 0. The molecule has 5 rings (SSSR count). The van der Waals surface area contributed by atoms with Gasteiger partial charge < -0.3 is 20.5 Å². The van der Waals surface area contributed by atoms with E-state index >= 15 is 0 Å². The third-order valence-corrected chi connectivity index (χ3v) is 5.73. The summed E-state index contributed by atoms with van der Waals surface area (Å²) in [6, 6.07) is 5.93. The molecule has 4 aromatic heterocycles. The Balaban J connectivity index is 1.29. The van der Waals surface area contributed by atoms with Crippen LogP contribution in [0.1, 0.15) is 24.8 Å². The van der Waals surface area contributed by atoms with Gasteiger partial charge in [-0.1, -0.05) is 0 Å². The highest BCUT2D eigenvalue weighted by molar-refractivity contribution is 5.94. The number of anilines is 3. The molecule has 9 nitrogen and oxygen atoms in total. The lowest BCUT2D eigenvalue weighted by molar-refractivity contribution is -0.163. The van der Waals surface area contributed by atoms with Crippen LogP contribution >= 0.6 is 0 Å². The summed E-state index contributed by atoms with van der Waals surface area (Å²) in [6.45, 7) is 4.03. The molecule has 170 valence electrons. The monoisotopic (exact) mass is 445 g/mol. The fourth-order valence-corrected chi connectivity index (χ4v) is 3.93. The molecule has 1 aliphatic heterocycles. The van der Waals surface area contributed by atoms with Crippen LogP contribution in [0.5, 0.6) is 0 Å². The van der Waals surface area contributed by atoms with Gasteiger partial charge in [0, 0.05) is 42.3 Å². The number of nitrogen functional groups attached to an aromatic ring is 1. The predicted octanol–water partition coefficient (Wildman–Crippen LogP) is 4.07. The van der Waals surface area contributed by atoms with Crippen molar-refractivity contribution in [1.82, 2.24) is 24.7 Å². The number of aromatic nitrogens is 5. The van der Waals surface area contributed by atoms with Crippen LogP contribution in [-0.4, -0.2) is 44.2 Å². The van der Waals surface area contributed by atoms with Crippen molar-refractivity contribution in [1.29, 1.82) is 0 Å². The quantitative estimate of drug-likeness (QED) is 0.438. The van der Waals surface area contributed by atoms with Gasteiger partial charge in [-0.3, -0.25) is 9.67 Å². The maximum absolute atomic E-state index is 6.22. The van der Waals surface area contributed by atoms with Gasteiger partial charge in [-0.2, -0.15) is 5.10 Å². The fourth-order valence-electron chi connectivity index (χ4n) is 3.93. The first-order valence-corrected chi connectivity index (χ1v) is 11.2. The lowest BCUT2D eigenvalue weighted by Gasteiger charge is -2.22. The Bertz CT molecular complexity index is 1250. The van der Waals surface area contributed by atoms with Crippen LogP contribution in [0.3, 0.4) is 0 Å². The number of nitrogens with zero attached hydrogens (tertiary/aromatic N) is 5. The molecule has 0 aliphatic carbocycles. The molecule has 33 heavy (non-hydrogen) atoms. The number of nitrogens with one attached hydrogen (secondary N) is 1. The first kappa shape index (κ1) is 21.3. The second kappa shape index (κ2) is 9.51. The Morgan fingerprint density at radius 1 is 1.24 bits per heavy atom. The normalized spacial score (nSPS) is 16.2. The van der Waals surface area contributed by atoms with Gasteiger partial charge in [-0.05, 0) is 55.3 Å². The number of hydrogen-bond acceptors (Lipinski definition) is 8. The van der Waals surface area contributed by atoms with Crippen molar-refractivity contribution >= 4 is 28.1 Å². The molecule has 5 heterocycles. The second-order valence-corrected chi connectivity index (χ2v) is 8.16. The molecule has 1 saturated heterocycles. The number of hydrogen-bond donors (Lipinski definition) is 2.